The number of thiophene rings is 1. The van der Waals surface area contributed by atoms with Gasteiger partial charge >= 0.3 is 0 Å². The minimum atomic E-state index is 0.635. The number of nitriles is 1. The molecule has 0 fully saturated rings. The predicted octanol–water partition coefficient (Wildman–Crippen LogP) is 2.20. The number of rotatable bonds is 4. The smallest absolute Gasteiger partial charge is 0.110 e. The van der Waals surface area contributed by atoms with E-state index in [1.165, 1.54) is 11.3 Å². The Morgan fingerprint density at radius 3 is 3.11 bits per heavy atom. The third-order valence-electron chi connectivity index (χ3n) is 2.47. The maximum atomic E-state index is 8.92. The Hall–Kier alpha value is -2.03. The highest BCUT2D eigenvalue weighted by molar-refractivity contribution is 7.19. The molecular formula is C13H14N4S. The van der Waals surface area contributed by atoms with Gasteiger partial charge in [0, 0.05) is 34.2 Å². The molecule has 0 unspecified atom stereocenters. The van der Waals surface area contributed by atoms with Crippen LogP contribution in [0.2, 0.25) is 0 Å². The summed E-state index contributed by atoms with van der Waals surface area (Å²) in [5.41, 5.74) is 7.48. The van der Waals surface area contributed by atoms with Gasteiger partial charge in [0.1, 0.15) is 10.9 Å². The van der Waals surface area contributed by atoms with Gasteiger partial charge in [0.05, 0.1) is 0 Å². The van der Waals surface area contributed by atoms with Crippen LogP contribution in [0.4, 0.5) is 5.69 Å². The van der Waals surface area contributed by atoms with Crippen molar-refractivity contribution in [3.8, 4) is 6.07 Å². The molecule has 0 spiro atoms. The van der Waals surface area contributed by atoms with Gasteiger partial charge in [-0.05, 0) is 25.2 Å². The molecule has 0 bridgehead atoms. The SMILES string of the molecule is CNC/C(N)=C/Nc1cccc2sc(C#N)cc12. The van der Waals surface area contributed by atoms with Gasteiger partial charge in [-0.2, -0.15) is 5.26 Å². The van der Waals surface area contributed by atoms with E-state index in [4.69, 9.17) is 11.0 Å². The van der Waals surface area contributed by atoms with Crippen molar-refractivity contribution in [1.82, 2.24) is 5.32 Å². The number of hydrogen-bond acceptors (Lipinski definition) is 5. The highest BCUT2D eigenvalue weighted by Crippen LogP contribution is 2.30. The van der Waals surface area contributed by atoms with Gasteiger partial charge in [0.15, 0.2) is 0 Å². The third kappa shape index (κ3) is 2.62. The molecular weight excluding hydrogens is 244 g/mol. The van der Waals surface area contributed by atoms with Gasteiger partial charge in [-0.1, -0.05) is 6.07 Å². The number of anilines is 1. The quantitative estimate of drug-likeness (QED) is 0.786. The number of likely N-dealkylation sites (N-methyl/N-ethyl adjacent to an activating group) is 1. The average molecular weight is 258 g/mol. The maximum absolute atomic E-state index is 8.92. The highest BCUT2D eigenvalue weighted by Gasteiger charge is 2.04. The molecule has 1 heterocycles. The van der Waals surface area contributed by atoms with Crippen molar-refractivity contribution in [2.75, 3.05) is 18.9 Å². The zero-order chi connectivity index (χ0) is 13.0. The Kier molecular flexibility index (Phi) is 3.82. The van der Waals surface area contributed by atoms with E-state index in [0.717, 1.165) is 21.5 Å². The summed E-state index contributed by atoms with van der Waals surface area (Å²) in [4.78, 5) is 0.714. The molecule has 0 radical (unpaired) electrons. The Morgan fingerprint density at radius 1 is 1.56 bits per heavy atom. The van der Waals surface area contributed by atoms with Gasteiger partial charge in [0.25, 0.3) is 0 Å². The molecule has 1 aromatic heterocycles. The fourth-order valence-corrected chi connectivity index (χ4v) is 2.55. The van der Waals surface area contributed by atoms with Crippen LogP contribution >= 0.6 is 11.3 Å². The first-order chi connectivity index (χ1) is 8.74. The molecule has 92 valence electrons. The van der Waals surface area contributed by atoms with Crippen molar-refractivity contribution < 1.29 is 0 Å². The van der Waals surface area contributed by atoms with Crippen molar-refractivity contribution >= 4 is 27.1 Å². The lowest BCUT2D eigenvalue weighted by Gasteiger charge is -2.05. The molecule has 4 nitrogen and oxygen atoms in total. The molecule has 5 heteroatoms. The van der Waals surface area contributed by atoms with Crippen LogP contribution < -0.4 is 16.4 Å². The number of benzene rings is 1. The third-order valence-corrected chi connectivity index (χ3v) is 3.47. The Labute approximate surface area is 110 Å². The molecule has 0 aliphatic heterocycles. The summed E-state index contributed by atoms with van der Waals surface area (Å²) in [6, 6.07) is 10.0. The molecule has 4 N–H and O–H groups in total. The molecule has 0 amide bonds. The van der Waals surface area contributed by atoms with Crippen molar-refractivity contribution in [2.45, 2.75) is 0 Å². The second kappa shape index (κ2) is 5.54. The number of nitrogens with two attached hydrogens (primary N) is 1. The van der Waals surface area contributed by atoms with Crippen molar-refractivity contribution in [2.24, 2.45) is 5.73 Å². The van der Waals surface area contributed by atoms with Crippen LogP contribution in [0.1, 0.15) is 4.88 Å². The van der Waals surface area contributed by atoms with Gasteiger partial charge < -0.3 is 16.4 Å². The van der Waals surface area contributed by atoms with Crippen LogP contribution in [-0.4, -0.2) is 13.6 Å². The van der Waals surface area contributed by atoms with E-state index in [1.54, 1.807) is 6.20 Å². The van der Waals surface area contributed by atoms with E-state index in [2.05, 4.69) is 16.7 Å². The van der Waals surface area contributed by atoms with Crippen LogP contribution in [0.15, 0.2) is 36.2 Å². The first-order valence-corrected chi connectivity index (χ1v) is 6.34. The second-order valence-electron chi connectivity index (χ2n) is 3.83. The van der Waals surface area contributed by atoms with Gasteiger partial charge in [-0.3, -0.25) is 0 Å². The van der Waals surface area contributed by atoms with Crippen LogP contribution in [0, 0.1) is 11.3 Å². The zero-order valence-corrected chi connectivity index (χ0v) is 10.8. The zero-order valence-electron chi connectivity index (χ0n) is 10.0. The molecule has 0 saturated heterocycles. The Balaban J connectivity index is 2.31. The van der Waals surface area contributed by atoms with Gasteiger partial charge in [-0.15, -0.1) is 11.3 Å². The largest absolute Gasteiger partial charge is 0.400 e. The minimum Gasteiger partial charge on any atom is -0.400 e. The van der Waals surface area contributed by atoms with Crippen molar-refractivity contribution in [3.63, 3.8) is 0 Å². The summed E-state index contributed by atoms with van der Waals surface area (Å²) < 4.78 is 1.09. The van der Waals surface area contributed by atoms with Gasteiger partial charge in [-0.25, -0.2) is 0 Å². The molecule has 0 saturated carbocycles. The highest BCUT2D eigenvalue weighted by atomic mass is 32.1. The lowest BCUT2D eigenvalue weighted by Crippen LogP contribution is -2.17. The molecule has 0 aliphatic carbocycles. The van der Waals surface area contributed by atoms with E-state index in [9.17, 15) is 0 Å². The summed E-state index contributed by atoms with van der Waals surface area (Å²) in [5, 5.41) is 16.1. The summed E-state index contributed by atoms with van der Waals surface area (Å²) in [7, 11) is 1.85. The topological polar surface area (TPSA) is 73.9 Å². The summed E-state index contributed by atoms with van der Waals surface area (Å²) in [6.45, 7) is 0.635. The molecule has 2 rings (SSSR count). The van der Waals surface area contributed by atoms with Crippen molar-refractivity contribution in [3.05, 3.63) is 41.0 Å². The Morgan fingerprint density at radius 2 is 2.39 bits per heavy atom. The average Bonchev–Trinajstić information content (AvgIpc) is 2.80. The molecule has 0 atom stereocenters. The van der Waals surface area contributed by atoms with Crippen LogP contribution in [0.5, 0.6) is 0 Å². The van der Waals surface area contributed by atoms with Crippen molar-refractivity contribution in [1.29, 1.82) is 5.26 Å². The van der Waals surface area contributed by atoms with Crippen LogP contribution in [0.25, 0.3) is 10.1 Å². The number of nitrogens with zero attached hydrogens (tertiary/aromatic N) is 1. The van der Waals surface area contributed by atoms with E-state index in [0.29, 0.717) is 11.4 Å². The Bertz CT molecular complexity index is 621. The fourth-order valence-electron chi connectivity index (χ4n) is 1.67. The predicted molar refractivity (Wildman–Crippen MR) is 76.4 cm³/mol. The van der Waals surface area contributed by atoms with E-state index >= 15 is 0 Å². The first-order valence-electron chi connectivity index (χ1n) is 5.53. The standard InChI is InChI=1S/C13H14N4S/c1-16-7-9(15)8-17-12-3-2-4-13-11(12)5-10(6-14)18-13/h2-5,8,16-17H,7,15H2,1H3/b9-8-. The van der Waals surface area contributed by atoms with Gasteiger partial charge in [0.2, 0.25) is 0 Å². The van der Waals surface area contributed by atoms with E-state index < -0.39 is 0 Å². The first kappa shape index (κ1) is 12.4. The number of hydrogen-bond donors (Lipinski definition) is 3. The van der Waals surface area contributed by atoms with Crippen LogP contribution in [0.3, 0.4) is 0 Å². The second-order valence-corrected chi connectivity index (χ2v) is 4.92. The number of fused-ring (bicyclic) bond motifs is 1. The fraction of sp³-hybridized carbons (Fsp3) is 0.154. The van der Waals surface area contributed by atoms with E-state index in [1.807, 2.05) is 31.3 Å². The lowest BCUT2D eigenvalue weighted by atomic mass is 10.2. The summed E-state index contributed by atoms with van der Waals surface area (Å²) in [5.74, 6) is 0. The van der Waals surface area contributed by atoms with E-state index in [-0.39, 0.29) is 0 Å². The number of nitrogens with one attached hydrogen (secondary N) is 2. The summed E-state index contributed by atoms with van der Waals surface area (Å²) in [6.07, 6.45) is 1.77. The molecule has 2 aromatic rings. The molecule has 1 aromatic carbocycles. The normalized spacial score (nSPS) is 11.4. The molecule has 18 heavy (non-hydrogen) atoms. The lowest BCUT2D eigenvalue weighted by molar-refractivity contribution is 0.869. The summed E-state index contributed by atoms with van der Waals surface area (Å²) >= 11 is 1.49. The monoisotopic (exact) mass is 258 g/mol. The maximum Gasteiger partial charge on any atom is 0.110 e. The molecule has 0 aliphatic rings. The van der Waals surface area contributed by atoms with Crippen LogP contribution in [-0.2, 0) is 0 Å². The minimum absolute atomic E-state index is 0.635.